The van der Waals surface area contributed by atoms with Gasteiger partial charge in [0.1, 0.15) is 11.4 Å². The number of aryl methyl sites for hydroxylation is 1. The monoisotopic (exact) mass is 536 g/mol. The predicted molar refractivity (Wildman–Crippen MR) is 144 cm³/mol. The van der Waals surface area contributed by atoms with Gasteiger partial charge in [-0.1, -0.05) is 77.4 Å². The number of hydrogen-bond acceptors (Lipinski definition) is 6. The molecule has 0 radical (unpaired) electrons. The number of thioether (sulfide) groups is 1. The summed E-state index contributed by atoms with van der Waals surface area (Å²) in [6.07, 6.45) is -0.109. The molecular weight excluding hydrogens is 512 g/mol. The second-order valence-corrected chi connectivity index (χ2v) is 9.65. The van der Waals surface area contributed by atoms with Gasteiger partial charge >= 0.3 is 12.1 Å². The lowest BCUT2D eigenvalue weighted by Gasteiger charge is -2.09. The third-order valence-electron chi connectivity index (χ3n) is 5.59. The van der Waals surface area contributed by atoms with E-state index in [1.54, 1.807) is 24.8 Å². The van der Waals surface area contributed by atoms with Gasteiger partial charge in [-0.25, -0.2) is 4.79 Å². The number of carbonyl (C=O) groups excluding carboxylic acids is 1. The highest BCUT2D eigenvalue weighted by Crippen LogP contribution is 2.32. The zero-order valence-electron chi connectivity index (χ0n) is 20.1. The third kappa shape index (κ3) is 7.15. The summed E-state index contributed by atoms with van der Waals surface area (Å²) < 4.78 is 10.7. The van der Waals surface area contributed by atoms with Crippen LogP contribution in [0.15, 0.2) is 82.2 Å². The van der Waals surface area contributed by atoms with E-state index in [2.05, 4.69) is 10.5 Å². The molecule has 190 valence electrons. The van der Waals surface area contributed by atoms with Crippen LogP contribution in [-0.4, -0.2) is 28.9 Å². The maximum atomic E-state index is 12.4. The molecule has 0 saturated carbocycles. The lowest BCUT2D eigenvalue weighted by molar-refractivity contribution is -0.136. The zero-order chi connectivity index (χ0) is 26.2. The number of hydrogen-bond donors (Lipinski definition) is 2. The average Bonchev–Trinajstić information content (AvgIpc) is 3.24. The Morgan fingerprint density at radius 2 is 1.73 bits per heavy atom. The van der Waals surface area contributed by atoms with Crippen LogP contribution in [0.4, 0.5) is 10.5 Å². The molecule has 0 aliphatic rings. The first-order valence-corrected chi connectivity index (χ1v) is 12.9. The van der Waals surface area contributed by atoms with Crippen molar-refractivity contribution >= 4 is 41.1 Å². The van der Waals surface area contributed by atoms with Crippen LogP contribution in [0.5, 0.6) is 0 Å². The Balaban J connectivity index is 1.36. The number of carbonyl (C=O) groups is 2. The lowest BCUT2D eigenvalue weighted by Crippen LogP contribution is -2.16. The summed E-state index contributed by atoms with van der Waals surface area (Å²) in [5.41, 5.74) is 4.50. The fourth-order valence-corrected chi connectivity index (χ4v) is 4.93. The van der Waals surface area contributed by atoms with Gasteiger partial charge in [0.2, 0.25) is 0 Å². The maximum Gasteiger partial charge on any atom is 0.411 e. The first-order valence-electron chi connectivity index (χ1n) is 11.6. The van der Waals surface area contributed by atoms with E-state index in [1.807, 2.05) is 66.7 Å². The van der Waals surface area contributed by atoms with Crippen LogP contribution in [0.1, 0.15) is 22.5 Å². The Bertz CT molecular complexity index is 1390. The molecule has 4 aromatic rings. The van der Waals surface area contributed by atoms with Crippen molar-refractivity contribution in [1.29, 1.82) is 0 Å². The molecular formula is C28H25ClN2O5S. The molecule has 0 saturated heterocycles. The molecule has 7 nitrogen and oxygen atoms in total. The summed E-state index contributed by atoms with van der Waals surface area (Å²) in [5.74, 6) is 0.291. The Labute approximate surface area is 223 Å². The number of aromatic nitrogens is 1. The second-order valence-electron chi connectivity index (χ2n) is 8.23. The van der Waals surface area contributed by atoms with E-state index in [9.17, 15) is 9.59 Å². The highest BCUT2D eigenvalue weighted by molar-refractivity contribution is 7.98. The Morgan fingerprint density at radius 3 is 2.46 bits per heavy atom. The molecule has 4 rings (SSSR count). The number of amides is 1. The van der Waals surface area contributed by atoms with E-state index in [0.29, 0.717) is 34.3 Å². The first kappa shape index (κ1) is 26.3. The van der Waals surface area contributed by atoms with Crippen molar-refractivity contribution < 1.29 is 24.0 Å². The fourth-order valence-electron chi connectivity index (χ4n) is 3.68. The Morgan fingerprint density at radius 1 is 1.03 bits per heavy atom. The van der Waals surface area contributed by atoms with Crippen LogP contribution in [0.25, 0.3) is 11.3 Å². The molecule has 2 N–H and O–H groups in total. The molecule has 37 heavy (non-hydrogen) atoms. The van der Waals surface area contributed by atoms with Gasteiger partial charge in [-0.15, -0.1) is 11.8 Å². The molecule has 3 aromatic carbocycles. The third-order valence-corrected chi connectivity index (χ3v) is 7.14. The smallest absolute Gasteiger partial charge is 0.411 e. The molecule has 0 aliphatic heterocycles. The number of ether oxygens (including phenoxy) is 1. The summed E-state index contributed by atoms with van der Waals surface area (Å²) in [6.45, 7) is 1.90. The van der Waals surface area contributed by atoms with Crippen molar-refractivity contribution in [2.45, 2.75) is 30.4 Å². The van der Waals surface area contributed by atoms with Crippen molar-refractivity contribution in [1.82, 2.24) is 5.16 Å². The van der Waals surface area contributed by atoms with Crippen LogP contribution in [0.2, 0.25) is 5.02 Å². The van der Waals surface area contributed by atoms with Gasteiger partial charge < -0.3 is 14.4 Å². The van der Waals surface area contributed by atoms with Gasteiger partial charge in [0.15, 0.2) is 5.76 Å². The SMILES string of the molecule is Cc1onc(-c2ccc(CSc3ccccc3CC(=O)O)cc2)c1NC(=O)OCCc1ccccc1Cl. The molecule has 0 unspecified atom stereocenters. The minimum atomic E-state index is -0.853. The summed E-state index contributed by atoms with van der Waals surface area (Å²) in [7, 11) is 0. The minimum Gasteiger partial charge on any atom is -0.481 e. The second kappa shape index (κ2) is 12.5. The molecule has 0 atom stereocenters. The minimum absolute atomic E-state index is 0.00810. The number of rotatable bonds is 10. The standard InChI is InChI=1S/C28H25ClN2O5S/c1-18-26(30-28(34)35-15-14-20-6-2-4-8-23(20)29)27(31-36-18)21-12-10-19(11-13-21)17-37-24-9-5-3-7-22(24)16-25(32)33/h2-13H,14-17H2,1H3,(H,30,34)(H,32,33). The summed E-state index contributed by atoms with van der Waals surface area (Å²) >= 11 is 7.74. The van der Waals surface area contributed by atoms with Gasteiger partial charge in [0, 0.05) is 27.7 Å². The quantitative estimate of drug-likeness (QED) is 0.210. The number of nitrogens with one attached hydrogen (secondary N) is 1. The highest BCUT2D eigenvalue weighted by atomic mass is 35.5. The van der Waals surface area contributed by atoms with Crippen LogP contribution >= 0.6 is 23.4 Å². The van der Waals surface area contributed by atoms with Crippen LogP contribution in [-0.2, 0) is 28.1 Å². The maximum absolute atomic E-state index is 12.4. The lowest BCUT2D eigenvalue weighted by atomic mass is 10.1. The van der Waals surface area contributed by atoms with Crippen molar-refractivity contribution in [3.63, 3.8) is 0 Å². The topological polar surface area (TPSA) is 102 Å². The average molecular weight is 537 g/mol. The number of carboxylic acid groups (broad SMARTS) is 1. The Kier molecular flexibility index (Phi) is 8.87. The number of aliphatic carboxylic acids is 1. The van der Waals surface area contributed by atoms with Crippen LogP contribution in [0, 0.1) is 6.92 Å². The number of anilines is 1. The van der Waals surface area contributed by atoms with E-state index in [1.165, 1.54) is 0 Å². The number of halogens is 1. The van der Waals surface area contributed by atoms with E-state index in [4.69, 9.17) is 26.0 Å². The molecule has 9 heteroatoms. The van der Waals surface area contributed by atoms with E-state index >= 15 is 0 Å². The van der Waals surface area contributed by atoms with Gasteiger partial charge in [-0.2, -0.15) is 0 Å². The molecule has 0 aliphatic carbocycles. The van der Waals surface area contributed by atoms with Gasteiger partial charge in [-0.3, -0.25) is 10.1 Å². The van der Waals surface area contributed by atoms with Crippen molar-refractivity contribution in [2.75, 3.05) is 11.9 Å². The molecule has 0 bridgehead atoms. The van der Waals surface area contributed by atoms with E-state index in [-0.39, 0.29) is 13.0 Å². The fraction of sp³-hybridized carbons (Fsp3) is 0.179. The van der Waals surface area contributed by atoms with E-state index < -0.39 is 12.1 Å². The van der Waals surface area contributed by atoms with Crippen molar-refractivity contribution in [3.8, 4) is 11.3 Å². The number of nitrogens with zero attached hydrogens (tertiary/aromatic N) is 1. The molecule has 1 amide bonds. The van der Waals surface area contributed by atoms with Gasteiger partial charge in [0.05, 0.1) is 13.0 Å². The zero-order valence-corrected chi connectivity index (χ0v) is 21.6. The summed E-state index contributed by atoms with van der Waals surface area (Å²) in [6, 6.07) is 22.7. The molecule has 0 fully saturated rings. The first-order chi connectivity index (χ1) is 17.9. The van der Waals surface area contributed by atoms with Crippen LogP contribution in [0.3, 0.4) is 0 Å². The highest BCUT2D eigenvalue weighted by Gasteiger charge is 2.18. The van der Waals surface area contributed by atoms with E-state index in [0.717, 1.165) is 27.1 Å². The van der Waals surface area contributed by atoms with Gasteiger partial charge in [0.25, 0.3) is 0 Å². The van der Waals surface area contributed by atoms with Crippen molar-refractivity contribution in [3.05, 3.63) is 100 Å². The Hall–Kier alpha value is -3.75. The number of benzene rings is 3. The van der Waals surface area contributed by atoms with Crippen LogP contribution < -0.4 is 5.32 Å². The largest absolute Gasteiger partial charge is 0.481 e. The molecule has 1 heterocycles. The predicted octanol–water partition coefficient (Wildman–Crippen LogP) is 7.01. The molecule has 1 aromatic heterocycles. The van der Waals surface area contributed by atoms with Crippen molar-refractivity contribution in [2.24, 2.45) is 0 Å². The number of carboxylic acids is 1. The van der Waals surface area contributed by atoms with Gasteiger partial charge in [-0.05, 0) is 35.7 Å². The summed E-state index contributed by atoms with van der Waals surface area (Å²) in [4.78, 5) is 24.5. The summed E-state index contributed by atoms with van der Waals surface area (Å²) in [5, 5.41) is 16.6. The normalized spacial score (nSPS) is 10.8. The molecule has 0 spiro atoms.